The minimum Gasteiger partial charge on any atom is -0.285 e. The predicted molar refractivity (Wildman–Crippen MR) is 46.5 cm³/mol. The normalized spacial score (nSPS) is 10.3. The summed E-state index contributed by atoms with van der Waals surface area (Å²) in [5.74, 6) is 6.19. The molecule has 0 bridgehead atoms. The second-order valence-corrected chi connectivity index (χ2v) is 2.54. The first-order valence-electron chi connectivity index (χ1n) is 3.59. The van der Waals surface area contributed by atoms with E-state index < -0.39 is 0 Å². The van der Waals surface area contributed by atoms with Crippen molar-refractivity contribution in [2.75, 3.05) is 11.6 Å². The van der Waals surface area contributed by atoms with E-state index in [4.69, 9.17) is 11.6 Å². The third-order valence-corrected chi connectivity index (χ3v) is 1.77. The van der Waals surface area contributed by atoms with Gasteiger partial charge < -0.3 is 0 Å². The predicted octanol–water partition coefficient (Wildman–Crippen LogP) is -0.182. The molecule has 0 atom stereocenters. The van der Waals surface area contributed by atoms with Crippen molar-refractivity contribution < 1.29 is 4.68 Å². The Labute approximate surface area is 69.4 Å². The number of fused-ring (bicyclic) bond motifs is 1. The van der Waals surface area contributed by atoms with Crippen molar-refractivity contribution in [2.45, 2.75) is 0 Å². The molecule has 60 valence electrons. The molecule has 0 aliphatic rings. The molecule has 2 aromatic heterocycles. The number of nitrogens with zero attached hydrogens (tertiary/aromatic N) is 2. The highest BCUT2D eigenvalue weighted by Crippen LogP contribution is 2.05. The van der Waals surface area contributed by atoms with Gasteiger partial charge in [-0.15, -0.1) is 4.68 Å². The summed E-state index contributed by atoms with van der Waals surface area (Å²) in [4.78, 5) is 4.13. The zero-order valence-corrected chi connectivity index (χ0v) is 6.44. The van der Waals surface area contributed by atoms with Crippen LogP contribution in [0.15, 0.2) is 30.5 Å². The summed E-state index contributed by atoms with van der Waals surface area (Å²) in [6.07, 6.45) is 1.72. The Kier molecular flexibility index (Phi) is 1.33. The van der Waals surface area contributed by atoms with Gasteiger partial charge in [0.15, 0.2) is 5.52 Å². The number of hydrogen-bond donors (Lipinski definition) is 2. The molecule has 0 amide bonds. The van der Waals surface area contributed by atoms with Crippen LogP contribution in [0.25, 0.3) is 11.0 Å². The maximum atomic E-state index is 5.67. The largest absolute Gasteiger partial charge is 0.296 e. The third-order valence-electron chi connectivity index (χ3n) is 1.77. The van der Waals surface area contributed by atoms with Gasteiger partial charge in [-0.3, -0.25) is 16.6 Å². The molecule has 0 spiro atoms. The molecule has 0 radical (unpaired) electrons. The van der Waals surface area contributed by atoms with E-state index in [-0.39, 0.29) is 0 Å². The molecule has 0 saturated carbocycles. The Morgan fingerprint density at radius 3 is 2.92 bits per heavy atom. The van der Waals surface area contributed by atoms with E-state index in [1.165, 1.54) is 4.68 Å². The van der Waals surface area contributed by atoms with E-state index in [9.17, 15) is 0 Å². The number of hydrogen-bond acceptors (Lipinski definition) is 3. The highest BCUT2D eigenvalue weighted by Gasteiger charge is 2.05. The van der Waals surface area contributed by atoms with Gasteiger partial charge in [-0.2, -0.15) is 0 Å². The molecular formula is C8H9N4+. The molecule has 4 nitrogen and oxygen atoms in total. The average Bonchev–Trinajstić information content (AvgIpc) is 2.12. The van der Waals surface area contributed by atoms with Gasteiger partial charge >= 0.3 is 0 Å². The van der Waals surface area contributed by atoms with Crippen molar-refractivity contribution in [2.24, 2.45) is 0 Å². The van der Waals surface area contributed by atoms with Crippen LogP contribution in [0.3, 0.4) is 0 Å². The standard InChI is InChI=1S/C8H8N4/c9-8-4-3-6-7(12(8)10)2-1-5-11-6/h1-5,9H,10H2/p+1. The van der Waals surface area contributed by atoms with Gasteiger partial charge in [0.05, 0.1) is 0 Å². The van der Waals surface area contributed by atoms with E-state index in [1.54, 1.807) is 12.3 Å². The smallest absolute Gasteiger partial charge is 0.285 e. The summed E-state index contributed by atoms with van der Waals surface area (Å²) in [6.45, 7) is 0. The number of rotatable bonds is 0. The molecule has 0 saturated heterocycles. The number of nitrogen functional groups attached to an aromatic ring is 2. The van der Waals surface area contributed by atoms with Crippen LogP contribution in [-0.2, 0) is 0 Å². The van der Waals surface area contributed by atoms with Crippen molar-refractivity contribution in [3.63, 3.8) is 0 Å². The molecule has 0 aromatic carbocycles. The Morgan fingerprint density at radius 2 is 2.08 bits per heavy atom. The van der Waals surface area contributed by atoms with Crippen LogP contribution in [0, 0.1) is 0 Å². The first-order valence-corrected chi connectivity index (χ1v) is 3.59. The SMILES string of the molecule is Nc1ccc2ncccc2[n+]1N. The highest BCUT2D eigenvalue weighted by atomic mass is 15.3. The molecule has 2 aromatic rings. The quantitative estimate of drug-likeness (QED) is 0.416. The molecule has 0 aliphatic heterocycles. The van der Waals surface area contributed by atoms with Crippen molar-refractivity contribution in [3.8, 4) is 0 Å². The van der Waals surface area contributed by atoms with Gasteiger partial charge in [-0.25, -0.2) is 0 Å². The molecule has 4 heteroatoms. The lowest BCUT2D eigenvalue weighted by atomic mass is 10.3. The van der Waals surface area contributed by atoms with Gasteiger partial charge in [0, 0.05) is 12.3 Å². The van der Waals surface area contributed by atoms with Gasteiger partial charge in [0.2, 0.25) is 0 Å². The van der Waals surface area contributed by atoms with Crippen LogP contribution >= 0.6 is 0 Å². The van der Waals surface area contributed by atoms with E-state index >= 15 is 0 Å². The van der Waals surface area contributed by atoms with Crippen LogP contribution in [0.2, 0.25) is 0 Å². The average molecular weight is 161 g/mol. The van der Waals surface area contributed by atoms with Gasteiger partial charge in [-0.05, 0) is 18.2 Å². The lowest BCUT2D eigenvalue weighted by Crippen LogP contribution is -2.47. The summed E-state index contributed by atoms with van der Waals surface area (Å²) in [7, 11) is 0. The van der Waals surface area contributed by atoms with Gasteiger partial charge in [0.25, 0.3) is 5.82 Å². The number of anilines is 1. The minimum atomic E-state index is 0.524. The minimum absolute atomic E-state index is 0.524. The second-order valence-electron chi connectivity index (χ2n) is 2.54. The molecular weight excluding hydrogens is 152 g/mol. The lowest BCUT2D eigenvalue weighted by Gasteiger charge is -1.98. The summed E-state index contributed by atoms with van der Waals surface area (Å²) >= 11 is 0. The van der Waals surface area contributed by atoms with Crippen molar-refractivity contribution in [3.05, 3.63) is 30.5 Å². The van der Waals surface area contributed by atoms with E-state index in [0.717, 1.165) is 11.0 Å². The van der Waals surface area contributed by atoms with E-state index in [2.05, 4.69) is 4.98 Å². The first kappa shape index (κ1) is 6.84. The number of pyridine rings is 2. The fourth-order valence-corrected chi connectivity index (χ4v) is 1.12. The van der Waals surface area contributed by atoms with E-state index in [0.29, 0.717) is 5.82 Å². The Balaban J connectivity index is 2.91. The Hall–Kier alpha value is -1.84. The third kappa shape index (κ3) is 0.852. The lowest BCUT2D eigenvalue weighted by molar-refractivity contribution is -0.596. The van der Waals surface area contributed by atoms with Gasteiger partial charge in [0.1, 0.15) is 5.52 Å². The second kappa shape index (κ2) is 2.34. The Morgan fingerprint density at radius 1 is 1.25 bits per heavy atom. The molecule has 0 aliphatic carbocycles. The maximum Gasteiger partial charge on any atom is 0.296 e. The zero-order chi connectivity index (χ0) is 8.55. The monoisotopic (exact) mass is 161 g/mol. The van der Waals surface area contributed by atoms with Crippen molar-refractivity contribution >= 4 is 16.9 Å². The molecule has 12 heavy (non-hydrogen) atoms. The maximum absolute atomic E-state index is 5.67. The topological polar surface area (TPSA) is 68.8 Å². The van der Waals surface area contributed by atoms with Crippen molar-refractivity contribution in [1.82, 2.24) is 4.98 Å². The van der Waals surface area contributed by atoms with Crippen LogP contribution < -0.4 is 16.3 Å². The highest BCUT2D eigenvalue weighted by molar-refractivity contribution is 5.71. The fraction of sp³-hybridized carbons (Fsp3) is 0. The van der Waals surface area contributed by atoms with Gasteiger partial charge in [-0.1, -0.05) is 0 Å². The van der Waals surface area contributed by atoms with Crippen LogP contribution in [0.4, 0.5) is 5.82 Å². The number of nitrogens with two attached hydrogens (primary N) is 2. The molecule has 4 N–H and O–H groups in total. The molecule has 0 fully saturated rings. The summed E-state index contributed by atoms with van der Waals surface area (Å²) < 4.78 is 1.42. The number of aromatic nitrogens is 2. The molecule has 2 rings (SSSR count). The van der Waals surface area contributed by atoms with Crippen molar-refractivity contribution in [1.29, 1.82) is 0 Å². The van der Waals surface area contributed by atoms with Crippen LogP contribution in [0.5, 0.6) is 0 Å². The molecule has 2 heterocycles. The Bertz CT molecular complexity index is 424. The summed E-state index contributed by atoms with van der Waals surface area (Å²) in [6, 6.07) is 7.27. The zero-order valence-electron chi connectivity index (χ0n) is 6.44. The molecule has 0 unspecified atom stereocenters. The summed E-state index contributed by atoms with van der Waals surface area (Å²) in [5.41, 5.74) is 7.27. The van der Waals surface area contributed by atoms with Crippen LogP contribution in [-0.4, -0.2) is 4.98 Å². The van der Waals surface area contributed by atoms with Crippen LogP contribution in [0.1, 0.15) is 0 Å². The summed E-state index contributed by atoms with van der Waals surface area (Å²) in [5, 5.41) is 0. The fourth-order valence-electron chi connectivity index (χ4n) is 1.12. The van der Waals surface area contributed by atoms with E-state index in [1.807, 2.05) is 18.2 Å². The first-order chi connectivity index (χ1) is 5.79.